The Kier molecular flexibility index (Phi) is 4.39. The fourth-order valence-electron chi connectivity index (χ4n) is 2.15. The Bertz CT molecular complexity index is 373. The lowest BCUT2D eigenvalue weighted by Crippen LogP contribution is -2.47. The quantitative estimate of drug-likeness (QED) is 0.748. The van der Waals surface area contributed by atoms with E-state index in [-0.39, 0.29) is 17.9 Å². The van der Waals surface area contributed by atoms with Crippen molar-refractivity contribution in [1.82, 2.24) is 10.6 Å². The summed E-state index contributed by atoms with van der Waals surface area (Å²) in [6, 6.07) is -0.358. The summed E-state index contributed by atoms with van der Waals surface area (Å²) < 4.78 is 4.98. The van der Waals surface area contributed by atoms with Crippen LogP contribution >= 0.6 is 0 Å². The summed E-state index contributed by atoms with van der Waals surface area (Å²) >= 11 is 0. The minimum atomic E-state index is -0.928. The van der Waals surface area contributed by atoms with Gasteiger partial charge in [-0.05, 0) is 32.6 Å². The molecule has 2 aliphatic rings. The maximum Gasteiger partial charge on any atom is 0.321 e. The Morgan fingerprint density at radius 1 is 1.11 bits per heavy atom. The van der Waals surface area contributed by atoms with Crippen molar-refractivity contribution < 1.29 is 19.1 Å². The van der Waals surface area contributed by atoms with Gasteiger partial charge in [0.2, 0.25) is 0 Å². The highest BCUT2D eigenvalue weighted by Crippen LogP contribution is 2.30. The minimum absolute atomic E-state index is 0.0532. The molecule has 106 valence electrons. The van der Waals surface area contributed by atoms with Gasteiger partial charge >= 0.3 is 12.0 Å². The molecule has 3 amide bonds. The Hall–Kier alpha value is -1.59. The molecule has 6 nitrogen and oxygen atoms in total. The fourth-order valence-corrected chi connectivity index (χ4v) is 2.15. The molecule has 0 bridgehead atoms. The van der Waals surface area contributed by atoms with E-state index in [1.54, 1.807) is 0 Å². The molecule has 0 aromatic heterocycles. The molecule has 0 unspecified atom stereocenters. The number of ether oxygens (including phenoxy) is 1. The zero-order chi connectivity index (χ0) is 13.8. The molecule has 2 N–H and O–H groups in total. The third kappa shape index (κ3) is 4.22. The van der Waals surface area contributed by atoms with E-state index in [1.165, 1.54) is 6.92 Å². The molecule has 0 aromatic rings. The zero-order valence-corrected chi connectivity index (χ0v) is 11.1. The second kappa shape index (κ2) is 6.04. The van der Waals surface area contributed by atoms with Crippen LogP contribution in [0.2, 0.25) is 0 Å². The largest absolute Gasteiger partial charge is 0.452 e. The summed E-state index contributed by atoms with van der Waals surface area (Å²) in [5.74, 6) is -0.981. The highest BCUT2D eigenvalue weighted by molar-refractivity contribution is 5.97. The van der Waals surface area contributed by atoms with E-state index in [1.807, 2.05) is 0 Å². The minimum Gasteiger partial charge on any atom is -0.452 e. The van der Waals surface area contributed by atoms with Crippen LogP contribution in [0.3, 0.4) is 0 Å². The lowest BCUT2D eigenvalue weighted by molar-refractivity contribution is -0.155. The molecule has 2 saturated carbocycles. The lowest BCUT2D eigenvalue weighted by atomic mass is 10.2. The monoisotopic (exact) mass is 268 g/mol. The standard InChI is InChI=1S/C13H20N2O4/c1-8(19-12(17)9-6-7-9)11(16)15-13(18)14-10-4-2-3-5-10/h8-10H,2-7H2,1H3,(H2,14,15,16,18)/t8-/m0/s1. The molecular weight excluding hydrogens is 248 g/mol. The Labute approximate surface area is 112 Å². The molecule has 6 heteroatoms. The Morgan fingerprint density at radius 2 is 1.74 bits per heavy atom. The number of carbonyl (C=O) groups is 3. The molecule has 1 atom stereocenters. The van der Waals surface area contributed by atoms with Crippen LogP contribution < -0.4 is 10.6 Å². The first-order valence-corrected chi connectivity index (χ1v) is 6.88. The van der Waals surface area contributed by atoms with E-state index in [2.05, 4.69) is 10.6 Å². The second-order valence-electron chi connectivity index (χ2n) is 5.30. The molecule has 2 aliphatic carbocycles. The van der Waals surface area contributed by atoms with Crippen molar-refractivity contribution in [3.63, 3.8) is 0 Å². The first-order chi connectivity index (χ1) is 9.06. The van der Waals surface area contributed by atoms with Gasteiger partial charge in [0.15, 0.2) is 6.10 Å². The molecule has 0 spiro atoms. The van der Waals surface area contributed by atoms with Gasteiger partial charge in [-0.15, -0.1) is 0 Å². The second-order valence-corrected chi connectivity index (χ2v) is 5.30. The van der Waals surface area contributed by atoms with Crippen LogP contribution in [0.4, 0.5) is 4.79 Å². The zero-order valence-electron chi connectivity index (χ0n) is 11.1. The molecule has 2 rings (SSSR count). The summed E-state index contributed by atoms with van der Waals surface area (Å²) in [4.78, 5) is 34.6. The number of amides is 3. The molecule has 0 aliphatic heterocycles. The van der Waals surface area contributed by atoms with Crippen molar-refractivity contribution in [1.29, 1.82) is 0 Å². The fraction of sp³-hybridized carbons (Fsp3) is 0.769. The van der Waals surface area contributed by atoms with E-state index in [9.17, 15) is 14.4 Å². The molecule has 2 fully saturated rings. The van der Waals surface area contributed by atoms with Gasteiger partial charge in [0.25, 0.3) is 5.91 Å². The normalized spacial score (nSPS) is 20.7. The number of urea groups is 1. The maximum atomic E-state index is 11.7. The molecule has 19 heavy (non-hydrogen) atoms. The molecular formula is C13H20N2O4. The average Bonchev–Trinajstić information content (AvgIpc) is 3.09. The van der Waals surface area contributed by atoms with Crippen LogP contribution in [0.5, 0.6) is 0 Å². The van der Waals surface area contributed by atoms with Crippen molar-refractivity contribution in [2.75, 3.05) is 0 Å². The van der Waals surface area contributed by atoms with Crippen LogP contribution in [0.15, 0.2) is 0 Å². The first-order valence-electron chi connectivity index (χ1n) is 6.88. The van der Waals surface area contributed by atoms with E-state index in [4.69, 9.17) is 4.74 Å². The third-order valence-corrected chi connectivity index (χ3v) is 3.50. The number of esters is 1. The van der Waals surface area contributed by atoms with Gasteiger partial charge in [0, 0.05) is 6.04 Å². The van der Waals surface area contributed by atoms with Crippen LogP contribution in [0.1, 0.15) is 45.4 Å². The van der Waals surface area contributed by atoms with Crippen LogP contribution in [0.25, 0.3) is 0 Å². The van der Waals surface area contributed by atoms with Crippen LogP contribution in [-0.2, 0) is 14.3 Å². The summed E-state index contributed by atoms with van der Waals surface area (Å²) in [6.45, 7) is 1.47. The Balaban J connectivity index is 1.69. The van der Waals surface area contributed by atoms with E-state index < -0.39 is 18.0 Å². The van der Waals surface area contributed by atoms with E-state index >= 15 is 0 Å². The van der Waals surface area contributed by atoms with Crippen LogP contribution in [-0.4, -0.2) is 30.1 Å². The first kappa shape index (κ1) is 13.8. The summed E-state index contributed by atoms with van der Waals surface area (Å²) in [7, 11) is 0. The van der Waals surface area contributed by atoms with Gasteiger partial charge in [-0.1, -0.05) is 12.8 Å². The lowest BCUT2D eigenvalue weighted by Gasteiger charge is -2.15. The van der Waals surface area contributed by atoms with Gasteiger partial charge in [-0.3, -0.25) is 14.9 Å². The number of nitrogens with one attached hydrogen (secondary N) is 2. The topological polar surface area (TPSA) is 84.5 Å². The highest BCUT2D eigenvalue weighted by atomic mass is 16.5. The van der Waals surface area contributed by atoms with Gasteiger partial charge in [0.05, 0.1) is 5.92 Å². The predicted molar refractivity (Wildman–Crippen MR) is 67.2 cm³/mol. The molecule has 0 saturated heterocycles. The number of hydrogen-bond donors (Lipinski definition) is 2. The van der Waals surface area contributed by atoms with Crippen molar-refractivity contribution in [2.45, 2.75) is 57.6 Å². The van der Waals surface area contributed by atoms with Crippen molar-refractivity contribution >= 4 is 17.9 Å². The average molecular weight is 268 g/mol. The van der Waals surface area contributed by atoms with E-state index in [0.717, 1.165) is 38.5 Å². The summed E-state index contributed by atoms with van der Waals surface area (Å²) in [5.41, 5.74) is 0. The highest BCUT2D eigenvalue weighted by Gasteiger charge is 2.33. The smallest absolute Gasteiger partial charge is 0.321 e. The molecule has 0 aromatic carbocycles. The number of hydrogen-bond acceptors (Lipinski definition) is 4. The van der Waals surface area contributed by atoms with E-state index in [0.29, 0.717) is 0 Å². The molecule has 0 heterocycles. The summed E-state index contributed by atoms with van der Waals surface area (Å²) in [5, 5.41) is 4.95. The Morgan fingerprint density at radius 3 is 2.32 bits per heavy atom. The maximum absolute atomic E-state index is 11.7. The number of imide groups is 1. The van der Waals surface area contributed by atoms with Crippen molar-refractivity contribution in [2.24, 2.45) is 5.92 Å². The predicted octanol–water partition coefficient (Wildman–Crippen LogP) is 1.10. The molecule has 0 radical (unpaired) electrons. The number of carbonyl (C=O) groups excluding carboxylic acids is 3. The third-order valence-electron chi connectivity index (χ3n) is 3.50. The van der Waals surface area contributed by atoms with Gasteiger partial charge in [-0.2, -0.15) is 0 Å². The van der Waals surface area contributed by atoms with Crippen LogP contribution in [0, 0.1) is 5.92 Å². The van der Waals surface area contributed by atoms with Gasteiger partial charge in [0.1, 0.15) is 0 Å². The number of rotatable bonds is 4. The van der Waals surface area contributed by atoms with Crippen molar-refractivity contribution in [3.05, 3.63) is 0 Å². The van der Waals surface area contributed by atoms with Gasteiger partial charge < -0.3 is 10.1 Å². The summed E-state index contributed by atoms with van der Waals surface area (Å²) in [6.07, 6.45) is 4.84. The van der Waals surface area contributed by atoms with Gasteiger partial charge in [-0.25, -0.2) is 4.79 Å². The SMILES string of the molecule is C[C@H](OC(=O)C1CC1)C(=O)NC(=O)NC1CCCC1. The van der Waals surface area contributed by atoms with Crippen molar-refractivity contribution in [3.8, 4) is 0 Å².